The molecule has 0 aliphatic heterocycles. The van der Waals surface area contributed by atoms with Crippen molar-refractivity contribution in [2.24, 2.45) is 5.50 Å². The average molecular weight is 244 g/mol. The van der Waals surface area contributed by atoms with Crippen LogP contribution in [0.15, 0.2) is 0 Å². The van der Waals surface area contributed by atoms with Gasteiger partial charge in [-0.15, -0.1) is 0 Å². The summed E-state index contributed by atoms with van der Waals surface area (Å²) in [4.78, 5) is 9.14. The smallest absolute Gasteiger partial charge is 0.250 e. The molecule has 0 aromatic rings. The molecule has 2 unspecified atom stereocenters. The van der Waals surface area contributed by atoms with Crippen molar-refractivity contribution in [3.8, 4) is 0 Å². The van der Waals surface area contributed by atoms with Crippen LogP contribution in [-0.2, 0) is 4.52 Å². The number of hydrogen-bond acceptors (Lipinski definition) is 3. The van der Waals surface area contributed by atoms with E-state index >= 15 is 0 Å². The fourth-order valence-electron chi connectivity index (χ4n) is 0.686. The predicted molar refractivity (Wildman–Crippen MR) is 51.5 cm³/mol. The summed E-state index contributed by atoms with van der Waals surface area (Å²) in [5, 5.41) is 0. The molecule has 2 atom stereocenters. The van der Waals surface area contributed by atoms with Crippen molar-refractivity contribution in [2.75, 3.05) is 6.61 Å². The van der Waals surface area contributed by atoms with Crippen LogP contribution in [0.3, 0.4) is 0 Å². The van der Waals surface area contributed by atoms with E-state index in [-0.39, 0.29) is 0 Å². The second-order valence-electron chi connectivity index (χ2n) is 2.41. The van der Waals surface area contributed by atoms with Crippen molar-refractivity contribution < 1.29 is 9.42 Å². The maximum absolute atomic E-state index is 8.57. The number of unbranched alkanes of at least 4 members (excludes halogenated alkanes) is 1. The Kier molecular flexibility index (Phi) is 7.97. The minimum Gasteiger partial charge on any atom is -0.338 e. The molecule has 0 saturated heterocycles. The summed E-state index contributed by atoms with van der Waals surface area (Å²) in [5.74, 6) is 0. The van der Waals surface area contributed by atoms with Crippen LogP contribution in [0.2, 0.25) is 0 Å². The van der Waals surface area contributed by atoms with Gasteiger partial charge in [0.2, 0.25) is 8.53 Å². The highest BCUT2D eigenvalue weighted by Gasteiger charge is 1.98. The van der Waals surface area contributed by atoms with E-state index in [1.807, 2.05) is 0 Å². The number of halogens is 1. The van der Waals surface area contributed by atoms with Crippen LogP contribution in [0.1, 0.15) is 26.2 Å². The van der Waals surface area contributed by atoms with Crippen LogP contribution in [0, 0.1) is 0 Å². The molecule has 0 amide bonds. The first-order valence-electron chi connectivity index (χ1n) is 3.63. The molecule has 0 aliphatic rings. The molecule has 0 fully saturated rings. The van der Waals surface area contributed by atoms with E-state index in [0.29, 0.717) is 11.4 Å². The van der Waals surface area contributed by atoms with Gasteiger partial charge in [0, 0.05) is 4.83 Å². The van der Waals surface area contributed by atoms with E-state index in [9.17, 15) is 0 Å². The molecular weight excluding hydrogens is 229 g/mol. The molecule has 0 heterocycles. The highest BCUT2D eigenvalue weighted by molar-refractivity contribution is 9.09. The summed E-state index contributed by atoms with van der Waals surface area (Å²) >= 11 is 3.44. The van der Waals surface area contributed by atoms with Crippen molar-refractivity contribution in [3.05, 3.63) is 0 Å². The summed E-state index contributed by atoms with van der Waals surface area (Å²) in [6.07, 6.45) is 3.21. The van der Waals surface area contributed by atoms with E-state index in [1.165, 1.54) is 0 Å². The summed E-state index contributed by atoms with van der Waals surface area (Å²) in [6, 6.07) is 0. The molecule has 3 nitrogen and oxygen atoms in total. The molecule has 11 heavy (non-hydrogen) atoms. The molecule has 5 heteroatoms. The predicted octanol–water partition coefficient (Wildman–Crippen LogP) is 2.13. The minimum absolute atomic E-state index is 0.566. The Morgan fingerprint density at radius 3 is 2.73 bits per heavy atom. The van der Waals surface area contributed by atoms with Gasteiger partial charge in [-0.25, -0.2) is 0 Å². The minimum atomic E-state index is -1.64. The van der Waals surface area contributed by atoms with Crippen LogP contribution in [0.4, 0.5) is 0 Å². The van der Waals surface area contributed by atoms with Gasteiger partial charge in [-0.05, 0) is 12.8 Å². The first-order chi connectivity index (χ1) is 5.13. The van der Waals surface area contributed by atoms with Gasteiger partial charge in [-0.2, -0.15) is 0 Å². The molecule has 0 radical (unpaired) electrons. The van der Waals surface area contributed by atoms with Crippen LogP contribution >= 0.6 is 24.5 Å². The topological polar surface area (TPSA) is 55.5 Å². The first kappa shape index (κ1) is 11.8. The van der Waals surface area contributed by atoms with E-state index in [2.05, 4.69) is 22.9 Å². The van der Waals surface area contributed by atoms with Crippen molar-refractivity contribution in [3.63, 3.8) is 0 Å². The molecule has 68 valence electrons. The lowest BCUT2D eigenvalue weighted by Crippen LogP contribution is -1.97. The number of alkyl halides is 1. The Morgan fingerprint density at radius 2 is 2.27 bits per heavy atom. The zero-order valence-corrected chi connectivity index (χ0v) is 9.14. The Balaban J connectivity index is 2.91. The number of rotatable bonds is 6. The molecule has 0 aromatic heterocycles. The van der Waals surface area contributed by atoms with Crippen LogP contribution in [-0.4, -0.2) is 16.3 Å². The normalized spacial score (nSPS) is 16.4. The Labute approximate surface area is 77.4 Å². The number of hydrogen-bond donors (Lipinski definition) is 2. The summed E-state index contributed by atoms with van der Waals surface area (Å²) in [6.45, 7) is 2.68. The van der Waals surface area contributed by atoms with Gasteiger partial charge < -0.3 is 9.42 Å². The lowest BCUT2D eigenvalue weighted by atomic mass is 10.2. The maximum Gasteiger partial charge on any atom is 0.250 e. The van der Waals surface area contributed by atoms with Gasteiger partial charge in [-0.3, -0.25) is 5.50 Å². The van der Waals surface area contributed by atoms with Crippen molar-refractivity contribution >= 4 is 24.5 Å². The SMILES string of the molecule is CC(Br)CCCCOP(N)O. The highest BCUT2D eigenvalue weighted by Crippen LogP contribution is 2.20. The summed E-state index contributed by atoms with van der Waals surface area (Å²) < 4.78 is 4.81. The quantitative estimate of drug-likeness (QED) is 0.427. The molecule has 0 aromatic carbocycles. The van der Waals surface area contributed by atoms with Crippen molar-refractivity contribution in [1.82, 2.24) is 0 Å². The highest BCUT2D eigenvalue weighted by atomic mass is 79.9. The first-order valence-corrected chi connectivity index (χ1v) is 5.83. The molecule has 0 bridgehead atoms. The van der Waals surface area contributed by atoms with Gasteiger partial charge in [0.25, 0.3) is 0 Å². The van der Waals surface area contributed by atoms with Gasteiger partial charge in [0.15, 0.2) is 0 Å². The standard InChI is InChI=1S/C6H15BrNO2P/c1-6(7)4-2-3-5-10-11(8)9/h6,9H,2-5,8H2,1H3. The van der Waals surface area contributed by atoms with E-state index < -0.39 is 8.53 Å². The maximum atomic E-state index is 8.57. The lowest BCUT2D eigenvalue weighted by molar-refractivity contribution is 0.300. The molecule has 0 aliphatic carbocycles. The number of nitrogens with two attached hydrogens (primary N) is 1. The summed E-state index contributed by atoms with van der Waals surface area (Å²) in [7, 11) is -1.64. The fraction of sp³-hybridized carbons (Fsp3) is 1.00. The zero-order chi connectivity index (χ0) is 8.69. The molecule has 0 spiro atoms. The Morgan fingerprint density at radius 1 is 1.64 bits per heavy atom. The molecular formula is C6H15BrNO2P. The van der Waals surface area contributed by atoms with Crippen molar-refractivity contribution in [1.29, 1.82) is 0 Å². The third-order valence-electron chi connectivity index (χ3n) is 1.22. The van der Waals surface area contributed by atoms with Crippen molar-refractivity contribution in [2.45, 2.75) is 31.0 Å². The Hall–Kier alpha value is 0.790. The van der Waals surface area contributed by atoms with E-state index in [1.54, 1.807) is 0 Å². The fourth-order valence-corrected chi connectivity index (χ4v) is 1.33. The van der Waals surface area contributed by atoms with E-state index in [4.69, 9.17) is 14.9 Å². The largest absolute Gasteiger partial charge is 0.338 e. The van der Waals surface area contributed by atoms with Crippen LogP contribution in [0.25, 0.3) is 0 Å². The molecule has 3 N–H and O–H groups in total. The zero-order valence-electron chi connectivity index (χ0n) is 6.66. The van der Waals surface area contributed by atoms with Gasteiger partial charge in [0.05, 0.1) is 6.61 Å². The molecule has 0 saturated carbocycles. The monoisotopic (exact) mass is 243 g/mol. The third kappa shape index (κ3) is 10.8. The second-order valence-corrected chi connectivity index (χ2v) is 4.84. The average Bonchev–Trinajstić information content (AvgIpc) is 1.85. The van der Waals surface area contributed by atoms with E-state index in [0.717, 1.165) is 19.3 Å². The lowest BCUT2D eigenvalue weighted by Gasteiger charge is -2.05. The van der Waals surface area contributed by atoms with Gasteiger partial charge in [0.1, 0.15) is 0 Å². The second kappa shape index (κ2) is 7.44. The van der Waals surface area contributed by atoms with Crippen LogP contribution in [0.5, 0.6) is 0 Å². The van der Waals surface area contributed by atoms with Gasteiger partial charge in [-0.1, -0.05) is 29.3 Å². The molecule has 0 rings (SSSR count). The van der Waals surface area contributed by atoms with Crippen LogP contribution < -0.4 is 5.50 Å². The van der Waals surface area contributed by atoms with Gasteiger partial charge >= 0.3 is 0 Å². The Bertz CT molecular complexity index is 82.7. The third-order valence-corrected chi connectivity index (χ3v) is 2.12. The summed E-state index contributed by atoms with van der Waals surface area (Å²) in [5.41, 5.74) is 5.02.